The lowest BCUT2D eigenvalue weighted by atomic mass is 10.1. The van der Waals surface area contributed by atoms with Crippen molar-refractivity contribution in [2.75, 3.05) is 43.1 Å². The van der Waals surface area contributed by atoms with Gasteiger partial charge in [-0.1, -0.05) is 23.8 Å². The number of hydrogen-bond donors (Lipinski definition) is 1. The van der Waals surface area contributed by atoms with Gasteiger partial charge in [0.15, 0.2) is 0 Å². The first-order valence-corrected chi connectivity index (χ1v) is 11.7. The molecule has 2 fully saturated rings. The van der Waals surface area contributed by atoms with E-state index < -0.39 is 17.1 Å². The van der Waals surface area contributed by atoms with Gasteiger partial charge in [0.2, 0.25) is 5.91 Å². The van der Waals surface area contributed by atoms with Crippen molar-refractivity contribution in [3.05, 3.63) is 63.6 Å². The summed E-state index contributed by atoms with van der Waals surface area (Å²) in [7, 11) is 0. The van der Waals surface area contributed by atoms with Gasteiger partial charge in [0.1, 0.15) is 6.54 Å². The third-order valence-electron chi connectivity index (χ3n) is 5.75. The van der Waals surface area contributed by atoms with Gasteiger partial charge >= 0.3 is 0 Å². The Kier molecular flexibility index (Phi) is 6.85. The second kappa shape index (κ2) is 9.80. The molecule has 0 aliphatic carbocycles. The molecule has 2 aromatic carbocycles. The van der Waals surface area contributed by atoms with Crippen molar-refractivity contribution in [2.24, 2.45) is 0 Å². The number of carbonyl (C=O) groups is 3. The molecule has 2 aromatic rings. The molecule has 2 aliphatic rings. The molecule has 1 N–H and O–H groups in total. The normalized spacial score (nSPS) is 17.7. The Balaban J connectivity index is 1.44. The Morgan fingerprint density at radius 2 is 1.82 bits per heavy atom. The maximum atomic E-state index is 12.9. The molecule has 0 atom stereocenters. The summed E-state index contributed by atoms with van der Waals surface area (Å²) in [5.74, 6) is -0.853. The number of thioether (sulfide) groups is 1. The first-order valence-electron chi connectivity index (χ1n) is 10.9. The van der Waals surface area contributed by atoms with Crippen LogP contribution in [0.1, 0.15) is 22.3 Å². The summed E-state index contributed by atoms with van der Waals surface area (Å²) in [6, 6.07) is 11.7. The Morgan fingerprint density at radius 1 is 1.06 bits per heavy atom. The van der Waals surface area contributed by atoms with Gasteiger partial charge in [-0.3, -0.25) is 19.3 Å². The lowest BCUT2D eigenvalue weighted by Crippen LogP contribution is -2.36. The van der Waals surface area contributed by atoms with Crippen molar-refractivity contribution in [3.8, 4) is 0 Å². The maximum absolute atomic E-state index is 12.9. The number of aryl methyl sites for hydroxylation is 3. The molecule has 0 unspecified atom stereocenters. The first kappa shape index (κ1) is 23.1. The summed E-state index contributed by atoms with van der Waals surface area (Å²) in [4.78, 5) is 41.4. The van der Waals surface area contributed by atoms with Gasteiger partial charge in [0, 0.05) is 24.5 Å². The fourth-order valence-electron chi connectivity index (χ4n) is 3.90. The summed E-state index contributed by atoms with van der Waals surface area (Å²) in [5.41, 5.74) is 5.69. The summed E-state index contributed by atoms with van der Waals surface area (Å²) >= 11 is 0.863. The van der Waals surface area contributed by atoms with Crippen LogP contribution in [0.4, 0.5) is 16.2 Å². The Labute approximate surface area is 197 Å². The molecule has 33 heavy (non-hydrogen) atoms. The van der Waals surface area contributed by atoms with E-state index in [0.717, 1.165) is 57.7 Å². The number of anilines is 2. The average molecular weight is 466 g/mol. The SMILES string of the molecule is Cc1ccc(NC(=O)CN2C(=O)S/C(=C/c3ccc(N4CCOCC4)cc3C)C2=O)c(C)c1. The second-order valence-corrected chi connectivity index (χ2v) is 9.27. The molecule has 3 amide bonds. The third kappa shape index (κ3) is 5.29. The molecule has 0 spiro atoms. The van der Waals surface area contributed by atoms with E-state index in [4.69, 9.17) is 4.74 Å². The van der Waals surface area contributed by atoms with Crippen LogP contribution in [0.3, 0.4) is 0 Å². The predicted molar refractivity (Wildman–Crippen MR) is 131 cm³/mol. The molecular weight excluding hydrogens is 438 g/mol. The van der Waals surface area contributed by atoms with Gasteiger partial charge in [-0.15, -0.1) is 0 Å². The van der Waals surface area contributed by atoms with Gasteiger partial charge in [0.25, 0.3) is 11.1 Å². The highest BCUT2D eigenvalue weighted by Gasteiger charge is 2.36. The van der Waals surface area contributed by atoms with Gasteiger partial charge in [-0.05, 0) is 73.5 Å². The third-order valence-corrected chi connectivity index (χ3v) is 6.65. The van der Waals surface area contributed by atoms with Gasteiger partial charge in [-0.25, -0.2) is 0 Å². The molecule has 2 heterocycles. The number of amides is 3. The number of nitrogens with one attached hydrogen (secondary N) is 1. The summed E-state index contributed by atoms with van der Waals surface area (Å²) in [5, 5.41) is 2.35. The summed E-state index contributed by atoms with van der Waals surface area (Å²) < 4.78 is 5.41. The molecule has 8 heteroatoms. The zero-order valence-electron chi connectivity index (χ0n) is 19.0. The number of benzene rings is 2. The molecule has 0 radical (unpaired) electrons. The number of carbonyl (C=O) groups excluding carboxylic acids is 3. The van der Waals surface area contributed by atoms with E-state index in [0.29, 0.717) is 23.8 Å². The molecule has 0 saturated carbocycles. The molecule has 4 rings (SSSR count). The molecule has 2 saturated heterocycles. The number of hydrogen-bond acceptors (Lipinski definition) is 6. The van der Waals surface area contributed by atoms with Crippen LogP contribution < -0.4 is 10.2 Å². The van der Waals surface area contributed by atoms with Crippen LogP contribution in [-0.4, -0.2) is 54.8 Å². The van der Waals surface area contributed by atoms with Crippen LogP contribution in [0, 0.1) is 20.8 Å². The van der Waals surface area contributed by atoms with Crippen LogP contribution >= 0.6 is 11.8 Å². The van der Waals surface area contributed by atoms with Crippen LogP contribution in [0.15, 0.2) is 41.3 Å². The standard InChI is InChI=1S/C25H27N3O4S/c1-16-4-7-21(18(3)12-16)26-23(29)15-28-24(30)22(33-25(28)31)14-19-5-6-20(13-17(19)2)27-8-10-32-11-9-27/h4-7,12-14H,8-11,15H2,1-3H3,(H,26,29)/b22-14+. The zero-order valence-corrected chi connectivity index (χ0v) is 19.8. The highest BCUT2D eigenvalue weighted by atomic mass is 32.2. The molecule has 0 aromatic heterocycles. The lowest BCUT2D eigenvalue weighted by Gasteiger charge is -2.29. The molecule has 2 aliphatic heterocycles. The smallest absolute Gasteiger partial charge is 0.294 e. The predicted octanol–water partition coefficient (Wildman–Crippen LogP) is 4.12. The lowest BCUT2D eigenvalue weighted by molar-refractivity contribution is -0.127. The monoisotopic (exact) mass is 465 g/mol. The van der Waals surface area contributed by atoms with E-state index in [1.54, 1.807) is 6.08 Å². The minimum Gasteiger partial charge on any atom is -0.378 e. The minimum atomic E-state index is -0.447. The maximum Gasteiger partial charge on any atom is 0.294 e. The number of morpholine rings is 1. The number of rotatable bonds is 5. The second-order valence-electron chi connectivity index (χ2n) is 8.27. The summed E-state index contributed by atoms with van der Waals surface area (Å²) in [6.45, 7) is 8.67. The van der Waals surface area contributed by atoms with Gasteiger partial charge in [0.05, 0.1) is 18.1 Å². The Hall–Kier alpha value is -3.10. The zero-order chi connectivity index (χ0) is 23.5. The van der Waals surface area contributed by atoms with Crippen molar-refractivity contribution in [3.63, 3.8) is 0 Å². The number of nitrogens with zero attached hydrogens (tertiary/aromatic N) is 2. The summed E-state index contributed by atoms with van der Waals surface area (Å²) in [6.07, 6.45) is 1.73. The number of ether oxygens (including phenoxy) is 1. The van der Waals surface area contributed by atoms with Crippen molar-refractivity contribution in [2.45, 2.75) is 20.8 Å². The van der Waals surface area contributed by atoms with E-state index in [9.17, 15) is 14.4 Å². The average Bonchev–Trinajstić information content (AvgIpc) is 3.05. The Bertz CT molecular complexity index is 1140. The largest absolute Gasteiger partial charge is 0.378 e. The van der Waals surface area contributed by atoms with E-state index in [1.807, 2.05) is 51.1 Å². The highest BCUT2D eigenvalue weighted by molar-refractivity contribution is 8.18. The van der Waals surface area contributed by atoms with Crippen molar-refractivity contribution < 1.29 is 19.1 Å². The fraction of sp³-hybridized carbons (Fsp3) is 0.320. The Morgan fingerprint density at radius 3 is 2.52 bits per heavy atom. The van der Waals surface area contributed by atoms with E-state index in [2.05, 4.69) is 16.3 Å². The van der Waals surface area contributed by atoms with Crippen LogP contribution in [0.5, 0.6) is 0 Å². The van der Waals surface area contributed by atoms with E-state index >= 15 is 0 Å². The first-order chi connectivity index (χ1) is 15.8. The van der Waals surface area contributed by atoms with Crippen LogP contribution in [0.25, 0.3) is 6.08 Å². The molecular formula is C25H27N3O4S. The van der Waals surface area contributed by atoms with Crippen LogP contribution in [0.2, 0.25) is 0 Å². The molecule has 7 nitrogen and oxygen atoms in total. The fourth-order valence-corrected chi connectivity index (χ4v) is 4.73. The van der Waals surface area contributed by atoms with Crippen molar-refractivity contribution >= 4 is 46.3 Å². The van der Waals surface area contributed by atoms with Crippen molar-refractivity contribution in [1.29, 1.82) is 0 Å². The van der Waals surface area contributed by atoms with Gasteiger partial charge < -0.3 is 15.0 Å². The molecule has 0 bridgehead atoms. The minimum absolute atomic E-state index is 0.315. The van der Waals surface area contributed by atoms with Crippen molar-refractivity contribution in [1.82, 2.24) is 4.90 Å². The number of imide groups is 1. The van der Waals surface area contributed by atoms with E-state index in [1.165, 1.54) is 0 Å². The van der Waals surface area contributed by atoms with Crippen LogP contribution in [-0.2, 0) is 14.3 Å². The molecule has 172 valence electrons. The van der Waals surface area contributed by atoms with E-state index in [-0.39, 0.29) is 6.54 Å². The topological polar surface area (TPSA) is 79.0 Å². The highest BCUT2D eigenvalue weighted by Crippen LogP contribution is 2.33. The van der Waals surface area contributed by atoms with Gasteiger partial charge in [-0.2, -0.15) is 0 Å². The quantitative estimate of drug-likeness (QED) is 0.669.